The third kappa shape index (κ3) is 4.33. The Morgan fingerprint density at radius 3 is 2.75 bits per heavy atom. The fourth-order valence-corrected chi connectivity index (χ4v) is 4.70. The van der Waals surface area contributed by atoms with E-state index in [1.54, 1.807) is 11.6 Å². The molecule has 32 heavy (non-hydrogen) atoms. The number of carbonyl (C=O) groups excluding carboxylic acids is 2. The number of amides is 2. The molecule has 0 aliphatic carbocycles. The number of nitrogens with zero attached hydrogens (tertiary/aromatic N) is 3. The van der Waals surface area contributed by atoms with Gasteiger partial charge in [-0.3, -0.25) is 33.7 Å². The molecule has 10 heteroatoms. The molecule has 1 unspecified atom stereocenters. The first-order chi connectivity index (χ1) is 15.4. The normalized spacial score (nSPS) is 22.3. The molecule has 2 aromatic rings. The van der Waals surface area contributed by atoms with Crippen molar-refractivity contribution < 1.29 is 19.5 Å². The summed E-state index contributed by atoms with van der Waals surface area (Å²) in [4.78, 5) is 50.0. The number of carbonyl (C=O) groups is 3. The number of rotatable bonds is 7. The molecule has 2 aliphatic rings. The molecule has 2 amide bonds. The summed E-state index contributed by atoms with van der Waals surface area (Å²) in [7, 11) is 1.69. The number of hydrogen-bond donors (Lipinski definition) is 3. The molecule has 3 heterocycles. The van der Waals surface area contributed by atoms with Crippen LogP contribution in [0.2, 0.25) is 0 Å². The summed E-state index contributed by atoms with van der Waals surface area (Å²) in [6, 6.07) is 4.66. The summed E-state index contributed by atoms with van der Waals surface area (Å²) in [5.74, 6) is -1.53. The van der Waals surface area contributed by atoms with Crippen LogP contribution >= 0.6 is 0 Å². The second-order valence-electron chi connectivity index (χ2n) is 8.55. The number of fused-ring (bicyclic) bond motifs is 1. The monoisotopic (exact) mass is 443 g/mol. The quantitative estimate of drug-likeness (QED) is 0.406. The van der Waals surface area contributed by atoms with Gasteiger partial charge < -0.3 is 10.4 Å². The van der Waals surface area contributed by atoms with Crippen molar-refractivity contribution in [2.24, 2.45) is 7.05 Å². The van der Waals surface area contributed by atoms with Crippen molar-refractivity contribution in [1.29, 1.82) is 0 Å². The van der Waals surface area contributed by atoms with E-state index in [1.807, 2.05) is 23.1 Å². The van der Waals surface area contributed by atoms with Crippen LogP contribution in [0.4, 0.5) is 0 Å². The molecule has 3 N–H and O–H groups in total. The second kappa shape index (κ2) is 9.25. The number of imide groups is 1. The second-order valence-corrected chi connectivity index (χ2v) is 8.55. The van der Waals surface area contributed by atoms with Crippen molar-refractivity contribution in [3.63, 3.8) is 0 Å². The maximum Gasteiger partial charge on any atom is 0.329 e. The zero-order valence-electron chi connectivity index (χ0n) is 18.2. The summed E-state index contributed by atoms with van der Waals surface area (Å²) in [6.07, 6.45) is 3.14. The lowest BCUT2D eigenvalue weighted by Gasteiger charge is -2.33. The lowest BCUT2D eigenvalue weighted by Crippen LogP contribution is -2.55. The van der Waals surface area contributed by atoms with E-state index in [0.717, 1.165) is 50.0 Å². The molecular formula is C22H29N5O5. The van der Waals surface area contributed by atoms with Gasteiger partial charge in [-0.05, 0) is 49.9 Å². The zero-order chi connectivity index (χ0) is 22.8. The molecule has 2 atom stereocenters. The highest BCUT2D eigenvalue weighted by Crippen LogP contribution is 2.24. The summed E-state index contributed by atoms with van der Waals surface area (Å²) in [6.45, 7) is 2.76. The highest BCUT2D eigenvalue weighted by molar-refractivity contribution is 6.00. The molecule has 2 saturated heterocycles. The lowest BCUT2D eigenvalue weighted by atomic mass is 10.0. The van der Waals surface area contributed by atoms with Gasteiger partial charge in [0.2, 0.25) is 11.8 Å². The largest absolute Gasteiger partial charge is 0.480 e. The van der Waals surface area contributed by atoms with Crippen LogP contribution < -0.4 is 16.3 Å². The Morgan fingerprint density at radius 1 is 1.19 bits per heavy atom. The predicted octanol–water partition coefficient (Wildman–Crippen LogP) is -0.00120. The number of benzene rings is 1. The van der Waals surface area contributed by atoms with Crippen molar-refractivity contribution in [2.45, 2.75) is 44.2 Å². The van der Waals surface area contributed by atoms with Gasteiger partial charge in [-0.2, -0.15) is 0 Å². The van der Waals surface area contributed by atoms with Crippen molar-refractivity contribution in [3.8, 4) is 0 Å². The predicted molar refractivity (Wildman–Crippen MR) is 117 cm³/mol. The van der Waals surface area contributed by atoms with E-state index in [4.69, 9.17) is 0 Å². The van der Waals surface area contributed by atoms with Crippen LogP contribution in [0.25, 0.3) is 11.0 Å². The zero-order valence-corrected chi connectivity index (χ0v) is 18.2. The van der Waals surface area contributed by atoms with E-state index in [0.29, 0.717) is 18.5 Å². The Bertz CT molecular complexity index is 1100. The summed E-state index contributed by atoms with van der Waals surface area (Å²) < 4.78 is 3.03. The van der Waals surface area contributed by atoms with Crippen molar-refractivity contribution in [1.82, 2.24) is 24.7 Å². The number of carboxylic acid groups (broad SMARTS) is 1. The van der Waals surface area contributed by atoms with Gasteiger partial charge in [0.15, 0.2) is 0 Å². The number of aromatic nitrogens is 2. The number of carboxylic acids is 1. The van der Waals surface area contributed by atoms with Gasteiger partial charge in [0.05, 0.1) is 11.0 Å². The van der Waals surface area contributed by atoms with Crippen LogP contribution in [0.1, 0.15) is 37.3 Å². The summed E-state index contributed by atoms with van der Waals surface area (Å²) >= 11 is 0. The van der Waals surface area contributed by atoms with Crippen LogP contribution in [-0.4, -0.2) is 69.1 Å². The van der Waals surface area contributed by atoms with Gasteiger partial charge >= 0.3 is 11.7 Å². The summed E-state index contributed by atoms with van der Waals surface area (Å²) in [5.41, 5.74) is 2.25. The lowest BCUT2D eigenvalue weighted by molar-refractivity contribution is -0.144. The Morgan fingerprint density at radius 2 is 2.00 bits per heavy atom. The number of unbranched alkanes of at least 4 members (excludes halogenated alkanes) is 1. The minimum absolute atomic E-state index is 0.215. The van der Waals surface area contributed by atoms with Gasteiger partial charge in [-0.1, -0.05) is 6.07 Å². The number of hydrogen-bond acceptors (Lipinski definition) is 6. The number of piperidine rings is 1. The number of aliphatic carboxylic acids is 1. The van der Waals surface area contributed by atoms with E-state index >= 15 is 0 Å². The highest BCUT2D eigenvalue weighted by atomic mass is 16.4. The van der Waals surface area contributed by atoms with E-state index in [2.05, 4.69) is 10.6 Å². The van der Waals surface area contributed by atoms with Crippen LogP contribution in [0.3, 0.4) is 0 Å². The molecule has 0 saturated carbocycles. The molecule has 0 radical (unpaired) electrons. The molecule has 1 aromatic carbocycles. The van der Waals surface area contributed by atoms with Crippen LogP contribution in [0.15, 0.2) is 23.0 Å². The van der Waals surface area contributed by atoms with Gasteiger partial charge in [0.1, 0.15) is 12.1 Å². The first-order valence-corrected chi connectivity index (χ1v) is 11.1. The van der Waals surface area contributed by atoms with Crippen LogP contribution in [-0.2, 0) is 27.9 Å². The molecule has 10 nitrogen and oxygen atoms in total. The molecule has 2 fully saturated rings. The maximum absolute atomic E-state index is 12.8. The van der Waals surface area contributed by atoms with Crippen molar-refractivity contribution >= 4 is 28.8 Å². The van der Waals surface area contributed by atoms with Crippen LogP contribution in [0.5, 0.6) is 0 Å². The third-order valence-electron chi connectivity index (χ3n) is 6.48. The summed E-state index contributed by atoms with van der Waals surface area (Å²) in [5, 5.41) is 14.8. The number of nitrogens with one attached hydrogen (secondary N) is 2. The number of imidazole rings is 1. The molecule has 2 aliphatic heterocycles. The number of piperazine rings is 1. The molecule has 1 aromatic heterocycles. The van der Waals surface area contributed by atoms with E-state index in [-0.39, 0.29) is 18.0 Å². The molecule has 0 spiro atoms. The first kappa shape index (κ1) is 22.2. The number of aryl methyl sites for hydroxylation is 2. The SMILES string of the molecule is Cn1c(=O)n(C2CCC(=O)NC2=O)c2ccc(CCCCN3CCNC[C@@H]3C(=O)O)cc21. The highest BCUT2D eigenvalue weighted by Gasteiger charge is 2.31. The smallest absolute Gasteiger partial charge is 0.329 e. The van der Waals surface area contributed by atoms with E-state index in [9.17, 15) is 24.3 Å². The van der Waals surface area contributed by atoms with Crippen molar-refractivity contribution in [3.05, 3.63) is 34.2 Å². The molecular weight excluding hydrogens is 414 g/mol. The standard InChI is InChI=1S/C22H29N5O5/c1-25-17-12-14(4-2-3-10-26-11-9-23-13-18(26)21(30)31)5-6-15(17)27(22(25)32)16-7-8-19(28)24-20(16)29/h5-6,12,16,18,23H,2-4,7-11,13H2,1H3,(H,30,31)(H,24,28,29)/t16?,18-/m1/s1. The van der Waals surface area contributed by atoms with Crippen molar-refractivity contribution in [2.75, 3.05) is 26.2 Å². The Balaban J connectivity index is 1.43. The van der Waals surface area contributed by atoms with Crippen LogP contribution in [0, 0.1) is 0 Å². The molecule has 4 rings (SSSR count). The van der Waals surface area contributed by atoms with Gasteiger partial charge in [0, 0.05) is 33.1 Å². The third-order valence-corrected chi connectivity index (χ3v) is 6.48. The molecule has 0 bridgehead atoms. The Hall–Kier alpha value is -2.98. The Labute approximate surface area is 185 Å². The maximum atomic E-state index is 12.8. The Kier molecular flexibility index (Phi) is 6.43. The average Bonchev–Trinajstić information content (AvgIpc) is 3.01. The fourth-order valence-electron chi connectivity index (χ4n) is 4.70. The van der Waals surface area contributed by atoms with E-state index < -0.39 is 24.0 Å². The van der Waals surface area contributed by atoms with E-state index in [1.165, 1.54) is 4.57 Å². The van der Waals surface area contributed by atoms with Gasteiger partial charge in [-0.15, -0.1) is 0 Å². The van der Waals surface area contributed by atoms with Gasteiger partial charge in [0.25, 0.3) is 0 Å². The topological polar surface area (TPSA) is 126 Å². The first-order valence-electron chi connectivity index (χ1n) is 11.1. The minimum atomic E-state index is -0.788. The fraction of sp³-hybridized carbons (Fsp3) is 0.545. The van der Waals surface area contributed by atoms with Gasteiger partial charge in [-0.25, -0.2) is 4.79 Å². The minimum Gasteiger partial charge on any atom is -0.480 e. The average molecular weight is 444 g/mol. The molecule has 172 valence electrons.